The van der Waals surface area contributed by atoms with Crippen molar-refractivity contribution < 1.29 is 4.79 Å². The highest BCUT2D eigenvalue weighted by atomic mass is 32.1. The third kappa shape index (κ3) is 4.45. The molecule has 0 bridgehead atoms. The van der Waals surface area contributed by atoms with E-state index in [1.54, 1.807) is 11.3 Å². The zero-order chi connectivity index (χ0) is 18.0. The number of thiazole rings is 1. The average Bonchev–Trinajstić information content (AvgIpc) is 3.17. The fourth-order valence-corrected chi connectivity index (χ4v) is 4.81. The standard InChI is InChI=1S/C19H23N3OS2/c1-19(2,12-22(3)4)11-20-17(23)15-9-10-16(24-15)18-21-13-7-5-6-8-14(13)25-18/h5-10H,11-12H2,1-4H3,(H,20,23). The number of carbonyl (C=O) groups excluding carboxylic acids is 1. The van der Waals surface area contributed by atoms with Crippen LogP contribution in [0.2, 0.25) is 0 Å². The van der Waals surface area contributed by atoms with Crippen molar-refractivity contribution in [2.45, 2.75) is 13.8 Å². The van der Waals surface area contributed by atoms with E-state index in [9.17, 15) is 4.79 Å². The molecule has 0 saturated heterocycles. The van der Waals surface area contributed by atoms with E-state index in [1.165, 1.54) is 16.0 Å². The molecule has 0 unspecified atom stereocenters. The van der Waals surface area contributed by atoms with Crippen LogP contribution in [0.25, 0.3) is 20.1 Å². The smallest absolute Gasteiger partial charge is 0.261 e. The molecule has 0 radical (unpaired) electrons. The Labute approximate surface area is 156 Å². The van der Waals surface area contributed by atoms with E-state index in [1.807, 2.05) is 44.4 Å². The van der Waals surface area contributed by atoms with Crippen LogP contribution >= 0.6 is 22.7 Å². The molecule has 25 heavy (non-hydrogen) atoms. The van der Waals surface area contributed by atoms with Gasteiger partial charge >= 0.3 is 0 Å². The summed E-state index contributed by atoms with van der Waals surface area (Å²) in [5, 5.41) is 4.03. The van der Waals surface area contributed by atoms with Gasteiger partial charge < -0.3 is 10.2 Å². The molecule has 0 atom stereocenters. The van der Waals surface area contributed by atoms with Gasteiger partial charge in [-0.1, -0.05) is 26.0 Å². The van der Waals surface area contributed by atoms with Crippen molar-refractivity contribution in [2.75, 3.05) is 27.2 Å². The van der Waals surface area contributed by atoms with Crippen molar-refractivity contribution in [3.8, 4) is 9.88 Å². The van der Waals surface area contributed by atoms with E-state index >= 15 is 0 Å². The molecular weight excluding hydrogens is 350 g/mol. The van der Waals surface area contributed by atoms with Gasteiger partial charge in [-0.3, -0.25) is 4.79 Å². The zero-order valence-electron chi connectivity index (χ0n) is 15.0. The number of nitrogens with one attached hydrogen (secondary N) is 1. The Morgan fingerprint density at radius 2 is 1.92 bits per heavy atom. The third-order valence-electron chi connectivity index (χ3n) is 3.81. The van der Waals surface area contributed by atoms with Crippen LogP contribution < -0.4 is 5.32 Å². The minimum absolute atomic E-state index is 0.0100. The van der Waals surface area contributed by atoms with Gasteiger partial charge in [0.25, 0.3) is 5.91 Å². The predicted octanol–water partition coefficient (Wildman–Crippen LogP) is 4.34. The molecule has 0 aliphatic heterocycles. The van der Waals surface area contributed by atoms with Gasteiger partial charge in [-0.2, -0.15) is 0 Å². The average molecular weight is 374 g/mol. The summed E-state index contributed by atoms with van der Waals surface area (Å²) in [5.74, 6) is -0.0100. The second kappa shape index (κ2) is 7.23. The highest BCUT2D eigenvalue weighted by molar-refractivity contribution is 7.26. The number of nitrogens with zero attached hydrogens (tertiary/aromatic N) is 2. The molecule has 2 aromatic heterocycles. The molecule has 0 aliphatic rings. The van der Waals surface area contributed by atoms with Gasteiger partial charge in [0, 0.05) is 13.1 Å². The van der Waals surface area contributed by atoms with Crippen molar-refractivity contribution in [1.82, 2.24) is 15.2 Å². The first kappa shape index (κ1) is 18.0. The Balaban J connectivity index is 1.69. The highest BCUT2D eigenvalue weighted by Gasteiger charge is 2.21. The van der Waals surface area contributed by atoms with Crippen LogP contribution in [0, 0.1) is 5.41 Å². The van der Waals surface area contributed by atoms with Crippen LogP contribution in [-0.2, 0) is 0 Å². The van der Waals surface area contributed by atoms with E-state index in [0.29, 0.717) is 6.54 Å². The SMILES string of the molecule is CN(C)CC(C)(C)CNC(=O)c1ccc(-c2nc3ccccc3s2)s1. The molecule has 3 aromatic rings. The minimum atomic E-state index is -0.0100. The summed E-state index contributed by atoms with van der Waals surface area (Å²) in [6, 6.07) is 12.0. The largest absolute Gasteiger partial charge is 0.351 e. The Bertz CT molecular complexity index is 847. The molecule has 0 fully saturated rings. The lowest BCUT2D eigenvalue weighted by Gasteiger charge is -2.28. The van der Waals surface area contributed by atoms with Crippen molar-refractivity contribution in [3.05, 3.63) is 41.3 Å². The summed E-state index contributed by atoms with van der Waals surface area (Å²) in [4.78, 5) is 21.0. The van der Waals surface area contributed by atoms with Gasteiger partial charge in [0.2, 0.25) is 0 Å². The van der Waals surface area contributed by atoms with Crippen molar-refractivity contribution in [1.29, 1.82) is 0 Å². The fraction of sp³-hybridized carbons (Fsp3) is 0.368. The van der Waals surface area contributed by atoms with E-state index in [2.05, 4.69) is 35.1 Å². The number of carbonyl (C=O) groups is 1. The number of amides is 1. The van der Waals surface area contributed by atoms with Crippen LogP contribution in [0.15, 0.2) is 36.4 Å². The summed E-state index contributed by atoms with van der Waals surface area (Å²) >= 11 is 3.16. The van der Waals surface area contributed by atoms with Crippen molar-refractivity contribution in [3.63, 3.8) is 0 Å². The number of thiophene rings is 1. The second-order valence-corrected chi connectivity index (χ2v) is 9.35. The lowest BCUT2D eigenvalue weighted by atomic mass is 9.93. The molecule has 1 aromatic carbocycles. The molecule has 2 heterocycles. The van der Waals surface area contributed by atoms with Crippen LogP contribution in [0.1, 0.15) is 23.5 Å². The van der Waals surface area contributed by atoms with Crippen LogP contribution in [-0.4, -0.2) is 43.0 Å². The van der Waals surface area contributed by atoms with Gasteiger partial charge in [-0.25, -0.2) is 4.98 Å². The second-order valence-electron chi connectivity index (χ2n) is 7.24. The maximum absolute atomic E-state index is 12.5. The first-order valence-corrected chi connectivity index (χ1v) is 9.86. The molecule has 4 nitrogen and oxygen atoms in total. The molecule has 0 spiro atoms. The number of aromatic nitrogens is 1. The molecule has 1 amide bonds. The van der Waals surface area contributed by atoms with E-state index in [-0.39, 0.29) is 11.3 Å². The summed E-state index contributed by atoms with van der Waals surface area (Å²) in [7, 11) is 4.10. The van der Waals surface area contributed by atoms with E-state index in [0.717, 1.165) is 26.8 Å². The normalized spacial score (nSPS) is 12.0. The molecule has 1 N–H and O–H groups in total. The van der Waals surface area contributed by atoms with Crippen molar-refractivity contribution in [2.24, 2.45) is 5.41 Å². The summed E-state index contributed by atoms with van der Waals surface area (Å²) in [5.41, 5.74) is 1.04. The number of benzene rings is 1. The Kier molecular flexibility index (Phi) is 5.22. The number of para-hydroxylation sites is 1. The van der Waals surface area contributed by atoms with Crippen LogP contribution in [0.4, 0.5) is 0 Å². The van der Waals surface area contributed by atoms with Gasteiger partial charge in [-0.05, 0) is 43.8 Å². The first-order valence-electron chi connectivity index (χ1n) is 8.23. The number of rotatable bonds is 6. The minimum Gasteiger partial charge on any atom is -0.351 e. The Morgan fingerprint density at radius 3 is 2.64 bits per heavy atom. The summed E-state index contributed by atoms with van der Waals surface area (Å²) in [6.07, 6.45) is 0. The topological polar surface area (TPSA) is 45.2 Å². The van der Waals surface area contributed by atoms with E-state index < -0.39 is 0 Å². The molecular formula is C19H23N3OS2. The van der Waals surface area contributed by atoms with Crippen molar-refractivity contribution >= 4 is 38.8 Å². The van der Waals surface area contributed by atoms with E-state index in [4.69, 9.17) is 0 Å². The first-order chi connectivity index (χ1) is 11.8. The third-order valence-corrected chi connectivity index (χ3v) is 6.10. The van der Waals surface area contributed by atoms with Gasteiger partial charge in [-0.15, -0.1) is 22.7 Å². The van der Waals surface area contributed by atoms with Crippen LogP contribution in [0.3, 0.4) is 0 Å². The van der Waals surface area contributed by atoms with Gasteiger partial charge in [0.15, 0.2) is 0 Å². The predicted molar refractivity (Wildman–Crippen MR) is 108 cm³/mol. The fourth-order valence-electron chi connectivity index (χ4n) is 2.87. The van der Waals surface area contributed by atoms with Crippen LogP contribution in [0.5, 0.6) is 0 Å². The quantitative estimate of drug-likeness (QED) is 0.699. The highest BCUT2D eigenvalue weighted by Crippen LogP contribution is 2.34. The number of hydrogen-bond acceptors (Lipinski definition) is 5. The number of fused-ring (bicyclic) bond motifs is 1. The lowest BCUT2D eigenvalue weighted by Crippen LogP contribution is -2.39. The summed E-state index contributed by atoms with van der Waals surface area (Å²) in [6.45, 7) is 5.90. The molecule has 0 aliphatic carbocycles. The lowest BCUT2D eigenvalue weighted by molar-refractivity contribution is 0.0933. The molecule has 6 heteroatoms. The molecule has 3 rings (SSSR count). The molecule has 0 saturated carbocycles. The number of hydrogen-bond donors (Lipinski definition) is 1. The van der Waals surface area contributed by atoms with Gasteiger partial charge in [0.1, 0.15) is 5.01 Å². The maximum Gasteiger partial charge on any atom is 0.261 e. The monoisotopic (exact) mass is 373 g/mol. The summed E-state index contributed by atoms with van der Waals surface area (Å²) < 4.78 is 1.17. The molecule has 132 valence electrons. The zero-order valence-corrected chi connectivity index (χ0v) is 16.6. The maximum atomic E-state index is 12.5. The van der Waals surface area contributed by atoms with Gasteiger partial charge in [0.05, 0.1) is 20.0 Å². The Hall–Kier alpha value is -1.76. The Morgan fingerprint density at radius 1 is 1.16 bits per heavy atom.